The smallest absolute Gasteiger partial charge is 0.407 e. The topological polar surface area (TPSA) is 57.6 Å². The highest BCUT2D eigenvalue weighted by atomic mass is 16.4. The number of hydrogen-bond donors (Lipinski definition) is 1. The molecule has 56 valence electrons. The first-order valence-electron chi connectivity index (χ1n) is 3.05. The van der Waals surface area contributed by atoms with Crippen molar-refractivity contribution in [3.8, 4) is 0 Å². The van der Waals surface area contributed by atoms with Gasteiger partial charge in [-0.05, 0) is 12.8 Å². The normalized spacial score (nSPS) is 19.7. The molecule has 0 aromatic heterocycles. The third kappa shape index (κ3) is 0.853. The Hall–Kier alpha value is -1.06. The molecule has 1 rings (SSSR count). The predicted molar refractivity (Wildman–Crippen MR) is 33.8 cm³/mol. The number of carbonyl (C=O) groups excluding carboxylic acids is 1. The fourth-order valence-electron chi connectivity index (χ4n) is 0.851. The number of hydrogen-bond acceptors (Lipinski definition) is 2. The second-order valence-electron chi connectivity index (χ2n) is 2.56. The largest absolute Gasteiger partial charge is 0.465 e. The van der Waals surface area contributed by atoms with Crippen molar-refractivity contribution in [1.82, 2.24) is 4.90 Å². The molecule has 1 amide bonds. The molecular formula is C6H9NO3. The van der Waals surface area contributed by atoms with Crippen molar-refractivity contribution in [2.75, 3.05) is 7.05 Å². The van der Waals surface area contributed by atoms with E-state index in [4.69, 9.17) is 5.11 Å². The van der Waals surface area contributed by atoms with Gasteiger partial charge >= 0.3 is 6.09 Å². The van der Waals surface area contributed by atoms with Crippen LogP contribution in [-0.2, 0) is 4.79 Å². The zero-order valence-corrected chi connectivity index (χ0v) is 5.70. The molecule has 1 saturated carbocycles. The lowest BCUT2D eigenvalue weighted by Gasteiger charge is -2.18. The van der Waals surface area contributed by atoms with E-state index >= 15 is 0 Å². The first-order chi connectivity index (χ1) is 4.62. The summed E-state index contributed by atoms with van der Waals surface area (Å²) in [5, 5.41) is 8.46. The van der Waals surface area contributed by atoms with Crippen LogP contribution in [0.5, 0.6) is 0 Å². The molecule has 0 atom stereocenters. The van der Waals surface area contributed by atoms with Crippen molar-refractivity contribution in [3.63, 3.8) is 0 Å². The third-order valence-corrected chi connectivity index (χ3v) is 1.94. The fourth-order valence-corrected chi connectivity index (χ4v) is 0.851. The molecule has 1 aliphatic carbocycles. The number of nitrogens with zero attached hydrogens (tertiary/aromatic N) is 1. The van der Waals surface area contributed by atoms with Gasteiger partial charge in [0.25, 0.3) is 0 Å². The van der Waals surface area contributed by atoms with Crippen molar-refractivity contribution in [1.29, 1.82) is 0 Å². The summed E-state index contributed by atoms with van der Waals surface area (Å²) in [7, 11) is 1.42. The monoisotopic (exact) mass is 143 g/mol. The summed E-state index contributed by atoms with van der Waals surface area (Å²) in [5.74, 6) is 0. The maximum Gasteiger partial charge on any atom is 0.407 e. The highest BCUT2D eigenvalue weighted by Gasteiger charge is 2.48. The average molecular weight is 143 g/mol. The Kier molecular flexibility index (Phi) is 1.39. The minimum atomic E-state index is -1.04. The summed E-state index contributed by atoms with van der Waals surface area (Å²) in [6.45, 7) is 0. The van der Waals surface area contributed by atoms with E-state index in [0.29, 0.717) is 19.1 Å². The lowest BCUT2D eigenvalue weighted by Crippen LogP contribution is -2.38. The van der Waals surface area contributed by atoms with Gasteiger partial charge in [-0.15, -0.1) is 0 Å². The summed E-state index contributed by atoms with van der Waals surface area (Å²) in [4.78, 5) is 21.7. The molecule has 0 aromatic carbocycles. The molecule has 1 N–H and O–H groups in total. The van der Waals surface area contributed by atoms with Crippen molar-refractivity contribution < 1.29 is 14.7 Å². The van der Waals surface area contributed by atoms with E-state index in [2.05, 4.69) is 0 Å². The molecule has 0 radical (unpaired) electrons. The minimum absolute atomic E-state index is 0.666. The quantitative estimate of drug-likeness (QED) is 0.566. The minimum Gasteiger partial charge on any atom is -0.465 e. The molecule has 0 aliphatic heterocycles. The van der Waals surface area contributed by atoms with Crippen molar-refractivity contribution in [3.05, 3.63) is 0 Å². The summed E-state index contributed by atoms with van der Waals surface area (Å²) >= 11 is 0. The Morgan fingerprint density at radius 3 is 2.30 bits per heavy atom. The first-order valence-corrected chi connectivity index (χ1v) is 3.05. The van der Waals surface area contributed by atoms with Gasteiger partial charge in [0, 0.05) is 7.05 Å². The van der Waals surface area contributed by atoms with Crippen LogP contribution in [0.2, 0.25) is 0 Å². The van der Waals surface area contributed by atoms with E-state index in [-0.39, 0.29) is 0 Å². The molecule has 0 unspecified atom stereocenters. The van der Waals surface area contributed by atoms with Crippen LogP contribution in [0.1, 0.15) is 12.8 Å². The van der Waals surface area contributed by atoms with Gasteiger partial charge in [-0.1, -0.05) is 0 Å². The second kappa shape index (κ2) is 1.97. The summed E-state index contributed by atoms with van der Waals surface area (Å²) in [6, 6.07) is 0. The van der Waals surface area contributed by atoms with Crippen LogP contribution >= 0.6 is 0 Å². The van der Waals surface area contributed by atoms with E-state index in [1.807, 2.05) is 0 Å². The van der Waals surface area contributed by atoms with E-state index in [1.54, 1.807) is 0 Å². The van der Waals surface area contributed by atoms with Gasteiger partial charge < -0.3 is 9.90 Å². The van der Waals surface area contributed by atoms with Gasteiger partial charge in [-0.25, -0.2) is 4.79 Å². The average Bonchev–Trinajstić information content (AvgIpc) is 2.66. The van der Waals surface area contributed by atoms with Gasteiger partial charge in [0.1, 0.15) is 11.8 Å². The molecule has 1 aliphatic rings. The highest BCUT2D eigenvalue weighted by molar-refractivity contribution is 5.77. The Bertz CT molecular complexity index is 174. The van der Waals surface area contributed by atoms with Crippen LogP contribution in [-0.4, -0.2) is 35.0 Å². The fraction of sp³-hybridized carbons (Fsp3) is 0.667. The van der Waals surface area contributed by atoms with E-state index in [1.165, 1.54) is 7.05 Å². The molecule has 10 heavy (non-hydrogen) atoms. The summed E-state index contributed by atoms with van der Waals surface area (Å²) in [6.07, 6.45) is 1.00. The number of carbonyl (C=O) groups is 2. The van der Waals surface area contributed by atoms with Gasteiger partial charge in [0.2, 0.25) is 0 Å². The Morgan fingerprint density at radius 2 is 2.20 bits per heavy atom. The Balaban J connectivity index is 2.64. The highest BCUT2D eigenvalue weighted by Crippen LogP contribution is 2.38. The maximum absolute atomic E-state index is 10.3. The first kappa shape index (κ1) is 7.05. The van der Waals surface area contributed by atoms with Crippen LogP contribution in [0.4, 0.5) is 4.79 Å². The number of likely N-dealkylation sites (N-methyl/N-ethyl adjacent to an activating group) is 1. The molecule has 0 saturated heterocycles. The number of aldehydes is 1. The molecule has 0 heterocycles. The van der Waals surface area contributed by atoms with E-state index < -0.39 is 11.6 Å². The predicted octanol–water partition coefficient (Wildman–Crippen LogP) is 0.328. The molecule has 0 spiro atoms. The lowest BCUT2D eigenvalue weighted by molar-refractivity contribution is -0.112. The zero-order chi connectivity index (χ0) is 7.78. The van der Waals surface area contributed by atoms with Crippen LogP contribution in [0.3, 0.4) is 0 Å². The van der Waals surface area contributed by atoms with Crippen LogP contribution in [0.15, 0.2) is 0 Å². The summed E-state index contributed by atoms with van der Waals surface area (Å²) in [5.41, 5.74) is -0.675. The Morgan fingerprint density at radius 1 is 1.70 bits per heavy atom. The van der Waals surface area contributed by atoms with Crippen LogP contribution in [0.25, 0.3) is 0 Å². The number of amides is 1. The number of carboxylic acid groups (broad SMARTS) is 1. The SMILES string of the molecule is CN(C(=O)O)C1(C=O)CC1. The summed E-state index contributed by atoms with van der Waals surface area (Å²) < 4.78 is 0. The van der Waals surface area contributed by atoms with Gasteiger partial charge in [-0.2, -0.15) is 0 Å². The van der Waals surface area contributed by atoms with Crippen molar-refractivity contribution in [2.24, 2.45) is 0 Å². The maximum atomic E-state index is 10.3. The second-order valence-corrected chi connectivity index (χ2v) is 2.56. The molecular weight excluding hydrogens is 134 g/mol. The molecule has 4 heteroatoms. The van der Waals surface area contributed by atoms with Crippen molar-refractivity contribution >= 4 is 12.4 Å². The standard InChI is InChI=1S/C6H9NO3/c1-7(5(9)10)6(4-8)2-3-6/h4H,2-3H2,1H3,(H,9,10). The third-order valence-electron chi connectivity index (χ3n) is 1.94. The van der Waals surface area contributed by atoms with E-state index in [9.17, 15) is 9.59 Å². The number of rotatable bonds is 2. The van der Waals surface area contributed by atoms with Crippen molar-refractivity contribution in [2.45, 2.75) is 18.4 Å². The van der Waals surface area contributed by atoms with Crippen LogP contribution in [0, 0.1) is 0 Å². The molecule has 4 nitrogen and oxygen atoms in total. The molecule has 0 aromatic rings. The van der Waals surface area contributed by atoms with Crippen LogP contribution < -0.4 is 0 Å². The van der Waals surface area contributed by atoms with E-state index in [0.717, 1.165) is 4.90 Å². The van der Waals surface area contributed by atoms with Gasteiger partial charge in [0.05, 0.1) is 0 Å². The lowest BCUT2D eigenvalue weighted by atomic mass is 10.3. The van der Waals surface area contributed by atoms with Gasteiger partial charge in [0.15, 0.2) is 0 Å². The molecule has 1 fully saturated rings. The molecule has 0 bridgehead atoms. The zero-order valence-electron chi connectivity index (χ0n) is 5.70. The van der Waals surface area contributed by atoms with Gasteiger partial charge in [-0.3, -0.25) is 4.90 Å². The Labute approximate surface area is 58.4 Å².